The molecule has 2 aliphatic carbocycles. The highest BCUT2D eigenvalue weighted by molar-refractivity contribution is 6.08. The van der Waals surface area contributed by atoms with Crippen LogP contribution in [0, 0.1) is 0 Å². The van der Waals surface area contributed by atoms with Gasteiger partial charge in [-0.1, -0.05) is 30.3 Å². The zero-order valence-corrected chi connectivity index (χ0v) is 14.1. The first kappa shape index (κ1) is 16.6. The fraction of sp³-hybridized carbons (Fsp3) is 0.421. The largest absolute Gasteiger partial charge is 0.505 e. The van der Waals surface area contributed by atoms with E-state index in [9.17, 15) is 9.90 Å². The van der Waals surface area contributed by atoms with Gasteiger partial charge in [-0.15, -0.1) is 0 Å². The summed E-state index contributed by atoms with van der Waals surface area (Å²) >= 11 is 0. The Balaban J connectivity index is 2.05. The Morgan fingerprint density at radius 1 is 1.21 bits per heavy atom. The van der Waals surface area contributed by atoms with Gasteiger partial charge in [0.2, 0.25) is 0 Å². The van der Waals surface area contributed by atoms with Crippen molar-refractivity contribution in [3.63, 3.8) is 0 Å². The van der Waals surface area contributed by atoms with Gasteiger partial charge in [0.05, 0.1) is 18.4 Å². The lowest BCUT2D eigenvalue weighted by atomic mass is 10.1. The van der Waals surface area contributed by atoms with E-state index in [0.717, 1.165) is 42.7 Å². The fourth-order valence-corrected chi connectivity index (χ4v) is 3.39. The first-order valence-electron chi connectivity index (χ1n) is 8.35. The maximum atomic E-state index is 12.4. The Hall–Kier alpha value is -2.27. The van der Waals surface area contributed by atoms with Crippen LogP contribution in [0.5, 0.6) is 5.75 Å². The van der Waals surface area contributed by atoms with Gasteiger partial charge >= 0.3 is 5.97 Å². The van der Waals surface area contributed by atoms with Crippen molar-refractivity contribution in [2.24, 2.45) is 0 Å². The van der Waals surface area contributed by atoms with Crippen molar-refractivity contribution in [1.82, 2.24) is 0 Å². The highest BCUT2D eigenvalue weighted by Crippen LogP contribution is 2.48. The molecule has 1 heterocycles. The molecule has 3 rings (SSSR count). The van der Waals surface area contributed by atoms with Gasteiger partial charge in [-0.25, -0.2) is 4.79 Å². The molecule has 5 heteroatoms. The number of nitrogens with zero attached hydrogens (tertiary/aromatic N) is 1. The Labute approximate surface area is 142 Å². The highest BCUT2D eigenvalue weighted by Gasteiger charge is 2.32. The minimum absolute atomic E-state index is 0.0190. The Bertz CT molecular complexity index is 692. The second-order valence-electron chi connectivity index (χ2n) is 5.95. The summed E-state index contributed by atoms with van der Waals surface area (Å²) in [5, 5.41) is 10.8. The van der Waals surface area contributed by atoms with Gasteiger partial charge in [0.25, 0.3) is 0 Å². The number of piperidine rings is 1. The third kappa shape index (κ3) is 2.91. The molecule has 0 atom stereocenters. The van der Waals surface area contributed by atoms with Gasteiger partial charge in [0.1, 0.15) is 5.56 Å². The Morgan fingerprint density at radius 2 is 1.88 bits per heavy atom. The summed E-state index contributed by atoms with van der Waals surface area (Å²) in [4.78, 5) is 14.5. The molecule has 5 nitrogen and oxygen atoms in total. The summed E-state index contributed by atoms with van der Waals surface area (Å²) in [6, 6.07) is 9.49. The number of carbonyl (C=O) groups excluding carboxylic acids is 1. The number of aromatic hydroxyl groups is 1. The summed E-state index contributed by atoms with van der Waals surface area (Å²) in [5.41, 5.74) is 2.57. The Morgan fingerprint density at radius 3 is 2.50 bits per heavy atom. The van der Waals surface area contributed by atoms with Crippen LogP contribution in [-0.2, 0) is 9.47 Å². The van der Waals surface area contributed by atoms with Gasteiger partial charge in [-0.3, -0.25) is 0 Å². The molecule has 0 amide bonds. The molecule has 0 aromatic heterocycles. The zero-order valence-electron chi connectivity index (χ0n) is 14.1. The maximum Gasteiger partial charge on any atom is 0.342 e. The quantitative estimate of drug-likeness (QED) is 0.872. The number of methoxy groups -OCH3 is 1. The van der Waals surface area contributed by atoms with Crippen LogP contribution in [0.4, 0.5) is 5.69 Å². The minimum atomic E-state index is -0.482. The monoisotopic (exact) mass is 329 g/mol. The number of rotatable bonds is 4. The van der Waals surface area contributed by atoms with E-state index in [0.29, 0.717) is 0 Å². The van der Waals surface area contributed by atoms with Crippen LogP contribution in [0.25, 0.3) is 11.1 Å². The number of ether oxygens (including phenoxy) is 2. The van der Waals surface area contributed by atoms with Crippen LogP contribution in [0.1, 0.15) is 30.1 Å². The average Bonchev–Trinajstić information content (AvgIpc) is 2.73. The van der Waals surface area contributed by atoms with Crippen molar-refractivity contribution in [1.29, 1.82) is 0 Å². The minimum Gasteiger partial charge on any atom is -0.505 e. The molecule has 0 spiro atoms. The molecule has 1 saturated heterocycles. The number of hydrogen-bond donors (Lipinski definition) is 1. The summed E-state index contributed by atoms with van der Waals surface area (Å²) in [6.07, 6.45) is 2.05. The molecule has 0 saturated carbocycles. The first-order chi connectivity index (χ1) is 11.7. The second kappa shape index (κ2) is 7.09. The van der Waals surface area contributed by atoms with E-state index < -0.39 is 5.97 Å². The van der Waals surface area contributed by atoms with Crippen LogP contribution in [0.3, 0.4) is 0 Å². The van der Waals surface area contributed by atoms with Gasteiger partial charge in [-0.05, 0) is 19.8 Å². The van der Waals surface area contributed by atoms with Gasteiger partial charge < -0.3 is 19.5 Å². The molecule has 1 fully saturated rings. The number of esters is 1. The Kier molecular flexibility index (Phi) is 4.90. The molecule has 1 aliphatic heterocycles. The maximum absolute atomic E-state index is 12.4. The first-order valence-corrected chi connectivity index (χ1v) is 8.35. The van der Waals surface area contributed by atoms with Crippen molar-refractivity contribution < 1.29 is 19.4 Å². The van der Waals surface area contributed by atoms with Crippen LogP contribution in [0.15, 0.2) is 30.3 Å². The van der Waals surface area contributed by atoms with Crippen LogP contribution in [0.2, 0.25) is 0 Å². The number of hydrogen-bond acceptors (Lipinski definition) is 5. The van der Waals surface area contributed by atoms with Crippen LogP contribution in [-0.4, -0.2) is 44.0 Å². The molecule has 0 radical (unpaired) electrons. The smallest absolute Gasteiger partial charge is 0.342 e. The molecule has 24 heavy (non-hydrogen) atoms. The molecule has 1 N–H and O–H groups in total. The SMILES string of the molecule is CCOC(=O)c1c2cccccc-2c(N2CCC(OC)CC2)c1O. The van der Waals surface area contributed by atoms with Crippen molar-refractivity contribution in [2.45, 2.75) is 25.9 Å². The lowest BCUT2D eigenvalue weighted by Gasteiger charge is -2.33. The molecular weight excluding hydrogens is 306 g/mol. The van der Waals surface area contributed by atoms with Crippen LogP contribution >= 0.6 is 0 Å². The van der Waals surface area contributed by atoms with Crippen molar-refractivity contribution >= 4 is 11.7 Å². The van der Waals surface area contributed by atoms with E-state index in [1.165, 1.54) is 0 Å². The second-order valence-corrected chi connectivity index (χ2v) is 5.95. The fourth-order valence-electron chi connectivity index (χ4n) is 3.39. The molecule has 128 valence electrons. The van der Waals surface area contributed by atoms with Gasteiger partial charge in [0, 0.05) is 31.3 Å². The van der Waals surface area contributed by atoms with Gasteiger partial charge in [0.15, 0.2) is 5.75 Å². The molecule has 0 aromatic rings. The predicted octanol–water partition coefficient (Wildman–Crippen LogP) is 3.29. The molecule has 0 unspecified atom stereocenters. The third-order valence-corrected chi connectivity index (χ3v) is 4.59. The third-order valence-electron chi connectivity index (χ3n) is 4.59. The normalized spacial score (nSPS) is 15.7. The van der Waals surface area contributed by atoms with E-state index in [-0.39, 0.29) is 24.0 Å². The van der Waals surface area contributed by atoms with E-state index in [1.54, 1.807) is 14.0 Å². The van der Waals surface area contributed by atoms with Gasteiger partial charge in [-0.2, -0.15) is 0 Å². The summed E-state index contributed by atoms with van der Waals surface area (Å²) < 4.78 is 10.6. The van der Waals surface area contributed by atoms with Crippen LogP contribution < -0.4 is 4.90 Å². The average molecular weight is 329 g/mol. The number of carbonyl (C=O) groups is 1. The van der Waals surface area contributed by atoms with Crippen molar-refractivity contribution in [2.75, 3.05) is 31.7 Å². The highest BCUT2D eigenvalue weighted by atomic mass is 16.5. The standard InChI is InChI=1S/C19H23NO4/c1-3-24-19(22)16-14-7-5-4-6-8-15(14)17(18(16)21)20-11-9-13(23-2)10-12-20/h4-8,13,21H,3,9-12H2,1-2H3. The molecule has 0 aromatic carbocycles. The van der Waals surface area contributed by atoms with E-state index in [4.69, 9.17) is 9.47 Å². The summed E-state index contributed by atoms with van der Waals surface area (Å²) in [6.45, 7) is 3.60. The van der Waals surface area contributed by atoms with Crippen molar-refractivity contribution in [3.05, 3.63) is 35.9 Å². The lowest BCUT2D eigenvalue weighted by molar-refractivity contribution is 0.0524. The number of fused-ring (bicyclic) bond motifs is 1. The van der Waals surface area contributed by atoms with E-state index in [2.05, 4.69) is 4.90 Å². The summed E-state index contributed by atoms with van der Waals surface area (Å²) in [5.74, 6) is -0.463. The van der Waals surface area contributed by atoms with Crippen molar-refractivity contribution in [3.8, 4) is 16.9 Å². The molecular formula is C19H23NO4. The predicted molar refractivity (Wildman–Crippen MR) is 92.9 cm³/mol. The van der Waals surface area contributed by atoms with E-state index in [1.807, 2.05) is 30.3 Å². The lowest BCUT2D eigenvalue weighted by Crippen LogP contribution is -2.36. The van der Waals surface area contributed by atoms with E-state index >= 15 is 0 Å². The molecule has 0 bridgehead atoms. The summed E-state index contributed by atoms with van der Waals surface area (Å²) in [7, 11) is 1.73. The topological polar surface area (TPSA) is 59.0 Å². The molecule has 3 aliphatic rings. The number of anilines is 1. The zero-order chi connectivity index (χ0) is 17.1.